The topological polar surface area (TPSA) is 47.3 Å². The van der Waals surface area contributed by atoms with E-state index in [4.69, 9.17) is 4.74 Å². The van der Waals surface area contributed by atoms with Crippen LogP contribution in [0.3, 0.4) is 0 Å². The predicted molar refractivity (Wildman–Crippen MR) is 68.1 cm³/mol. The normalized spacial score (nSPS) is 13.4. The average Bonchev–Trinajstić information content (AvgIpc) is 2.46. The van der Waals surface area contributed by atoms with Crippen LogP contribution in [0.2, 0.25) is 0 Å². The highest BCUT2D eigenvalue weighted by atomic mass is 16.5. The van der Waals surface area contributed by atoms with Gasteiger partial charge < -0.3 is 9.84 Å². The van der Waals surface area contributed by atoms with Gasteiger partial charge in [0, 0.05) is 12.3 Å². The van der Waals surface area contributed by atoms with Crippen LogP contribution in [0, 0.1) is 26.7 Å². The molecule has 0 amide bonds. The highest BCUT2D eigenvalue weighted by molar-refractivity contribution is 5.22. The van der Waals surface area contributed by atoms with Crippen molar-refractivity contribution in [1.29, 1.82) is 0 Å². The Morgan fingerprint density at radius 3 is 2.35 bits per heavy atom. The summed E-state index contributed by atoms with van der Waals surface area (Å²) in [4.78, 5) is 0. The van der Waals surface area contributed by atoms with Gasteiger partial charge in [-0.2, -0.15) is 5.10 Å². The zero-order chi connectivity index (χ0) is 13.0. The van der Waals surface area contributed by atoms with E-state index in [2.05, 4.69) is 25.9 Å². The van der Waals surface area contributed by atoms with Gasteiger partial charge in [0.2, 0.25) is 0 Å². The minimum Gasteiger partial charge on any atom is -0.389 e. The lowest BCUT2D eigenvalue weighted by Gasteiger charge is -2.13. The van der Waals surface area contributed by atoms with Gasteiger partial charge in [0.05, 0.1) is 24.9 Å². The average molecular weight is 240 g/mol. The van der Waals surface area contributed by atoms with Crippen LogP contribution in [-0.4, -0.2) is 34.2 Å². The zero-order valence-corrected chi connectivity index (χ0v) is 11.5. The molecule has 4 nitrogen and oxygen atoms in total. The standard InChI is InChI=1S/C13H24N2O2/c1-9(2)7-17-8-13(16)6-15-12(5)10(3)11(4)14-15/h9,13,16H,6-8H2,1-5H3. The Kier molecular flexibility index (Phi) is 5.15. The second kappa shape index (κ2) is 6.17. The monoisotopic (exact) mass is 240 g/mol. The Hall–Kier alpha value is -0.870. The smallest absolute Gasteiger partial charge is 0.0969 e. The lowest BCUT2D eigenvalue weighted by Crippen LogP contribution is -2.24. The fourth-order valence-electron chi connectivity index (χ4n) is 1.66. The van der Waals surface area contributed by atoms with Gasteiger partial charge in [-0.1, -0.05) is 13.8 Å². The Morgan fingerprint density at radius 2 is 1.88 bits per heavy atom. The summed E-state index contributed by atoms with van der Waals surface area (Å²) in [7, 11) is 0. The molecule has 98 valence electrons. The van der Waals surface area contributed by atoms with Crippen LogP contribution < -0.4 is 0 Å². The molecule has 1 unspecified atom stereocenters. The molecule has 0 bridgehead atoms. The molecule has 0 aliphatic heterocycles. The molecule has 0 saturated heterocycles. The maximum absolute atomic E-state index is 9.85. The number of nitrogens with zero attached hydrogens (tertiary/aromatic N) is 2. The van der Waals surface area contributed by atoms with Gasteiger partial charge in [0.1, 0.15) is 0 Å². The molecule has 0 aliphatic rings. The number of aryl methyl sites for hydroxylation is 1. The van der Waals surface area contributed by atoms with E-state index < -0.39 is 6.10 Å². The molecular formula is C13H24N2O2. The van der Waals surface area contributed by atoms with E-state index in [-0.39, 0.29) is 0 Å². The van der Waals surface area contributed by atoms with Crippen molar-refractivity contribution in [2.45, 2.75) is 47.3 Å². The molecule has 1 aromatic rings. The van der Waals surface area contributed by atoms with Gasteiger partial charge in [-0.15, -0.1) is 0 Å². The van der Waals surface area contributed by atoms with Gasteiger partial charge in [0.25, 0.3) is 0 Å². The summed E-state index contributed by atoms with van der Waals surface area (Å²) in [6, 6.07) is 0. The van der Waals surface area contributed by atoms with Crippen LogP contribution in [0.5, 0.6) is 0 Å². The molecule has 0 spiro atoms. The first-order valence-corrected chi connectivity index (χ1v) is 6.18. The minimum atomic E-state index is -0.494. The number of ether oxygens (including phenoxy) is 1. The Bertz CT molecular complexity index is 359. The third kappa shape index (κ3) is 4.13. The van der Waals surface area contributed by atoms with Gasteiger partial charge in [-0.3, -0.25) is 4.68 Å². The fourth-order valence-corrected chi connectivity index (χ4v) is 1.66. The maximum Gasteiger partial charge on any atom is 0.0969 e. The molecule has 0 radical (unpaired) electrons. The fraction of sp³-hybridized carbons (Fsp3) is 0.769. The molecule has 0 aliphatic carbocycles. The molecule has 1 atom stereocenters. The number of rotatable bonds is 6. The summed E-state index contributed by atoms with van der Waals surface area (Å²) >= 11 is 0. The van der Waals surface area contributed by atoms with Crippen molar-refractivity contribution in [3.8, 4) is 0 Å². The van der Waals surface area contributed by atoms with E-state index in [1.165, 1.54) is 5.56 Å². The molecule has 1 N–H and O–H groups in total. The van der Waals surface area contributed by atoms with E-state index >= 15 is 0 Å². The molecule has 1 rings (SSSR count). The summed E-state index contributed by atoms with van der Waals surface area (Å²) in [6.45, 7) is 11.8. The van der Waals surface area contributed by atoms with Crippen LogP contribution in [0.1, 0.15) is 30.8 Å². The second-order valence-corrected chi connectivity index (χ2v) is 5.06. The van der Waals surface area contributed by atoms with Crippen molar-refractivity contribution < 1.29 is 9.84 Å². The third-order valence-electron chi connectivity index (χ3n) is 2.89. The van der Waals surface area contributed by atoms with E-state index in [0.29, 0.717) is 25.7 Å². The summed E-state index contributed by atoms with van der Waals surface area (Å²) in [6.07, 6.45) is -0.494. The maximum atomic E-state index is 9.85. The van der Waals surface area contributed by atoms with E-state index in [0.717, 1.165) is 11.4 Å². The first-order chi connectivity index (χ1) is 7.91. The number of aromatic nitrogens is 2. The van der Waals surface area contributed by atoms with Gasteiger partial charge in [0.15, 0.2) is 0 Å². The molecule has 0 saturated carbocycles. The van der Waals surface area contributed by atoms with Crippen LogP contribution in [0.4, 0.5) is 0 Å². The van der Waals surface area contributed by atoms with E-state index in [1.54, 1.807) is 0 Å². The molecule has 1 aromatic heterocycles. The molecule has 4 heteroatoms. The van der Waals surface area contributed by atoms with Gasteiger partial charge >= 0.3 is 0 Å². The lowest BCUT2D eigenvalue weighted by molar-refractivity contribution is 0.0162. The van der Waals surface area contributed by atoms with Crippen molar-refractivity contribution in [2.24, 2.45) is 5.92 Å². The highest BCUT2D eigenvalue weighted by Gasteiger charge is 2.11. The first-order valence-electron chi connectivity index (χ1n) is 6.18. The second-order valence-electron chi connectivity index (χ2n) is 5.06. The van der Waals surface area contributed by atoms with Crippen molar-refractivity contribution in [3.05, 3.63) is 17.0 Å². The number of aliphatic hydroxyl groups is 1. The van der Waals surface area contributed by atoms with Crippen LogP contribution in [0.25, 0.3) is 0 Å². The summed E-state index contributed by atoms with van der Waals surface area (Å²) in [5, 5.41) is 14.2. The largest absolute Gasteiger partial charge is 0.389 e. The Labute approximate surface area is 104 Å². The van der Waals surface area contributed by atoms with E-state index in [1.807, 2.05) is 18.5 Å². The molecule has 1 heterocycles. The van der Waals surface area contributed by atoms with Crippen molar-refractivity contribution in [1.82, 2.24) is 9.78 Å². The number of hydrogen-bond acceptors (Lipinski definition) is 3. The Morgan fingerprint density at radius 1 is 1.24 bits per heavy atom. The van der Waals surface area contributed by atoms with Crippen LogP contribution in [-0.2, 0) is 11.3 Å². The quantitative estimate of drug-likeness (QED) is 0.825. The predicted octanol–water partition coefficient (Wildman–Crippen LogP) is 1.84. The van der Waals surface area contributed by atoms with Crippen LogP contribution >= 0.6 is 0 Å². The number of hydrogen-bond donors (Lipinski definition) is 1. The summed E-state index contributed by atoms with van der Waals surface area (Å²) in [5.41, 5.74) is 3.34. The van der Waals surface area contributed by atoms with Crippen molar-refractivity contribution in [3.63, 3.8) is 0 Å². The molecule has 0 aromatic carbocycles. The molecule has 0 fully saturated rings. The first kappa shape index (κ1) is 14.2. The lowest BCUT2D eigenvalue weighted by atomic mass is 10.2. The third-order valence-corrected chi connectivity index (χ3v) is 2.89. The van der Waals surface area contributed by atoms with Gasteiger partial charge in [-0.05, 0) is 32.3 Å². The SMILES string of the molecule is Cc1nn(CC(O)COCC(C)C)c(C)c1C. The highest BCUT2D eigenvalue weighted by Crippen LogP contribution is 2.11. The Balaban J connectivity index is 2.45. The molecule has 17 heavy (non-hydrogen) atoms. The minimum absolute atomic E-state index is 0.371. The van der Waals surface area contributed by atoms with E-state index in [9.17, 15) is 5.11 Å². The number of aliphatic hydroxyl groups excluding tert-OH is 1. The van der Waals surface area contributed by atoms with Crippen LogP contribution in [0.15, 0.2) is 0 Å². The summed E-state index contributed by atoms with van der Waals surface area (Å²) in [5.74, 6) is 0.498. The zero-order valence-electron chi connectivity index (χ0n) is 11.5. The summed E-state index contributed by atoms with van der Waals surface area (Å²) < 4.78 is 7.27. The van der Waals surface area contributed by atoms with Crippen molar-refractivity contribution in [2.75, 3.05) is 13.2 Å². The van der Waals surface area contributed by atoms with Gasteiger partial charge in [-0.25, -0.2) is 0 Å². The van der Waals surface area contributed by atoms with Crippen molar-refractivity contribution >= 4 is 0 Å². The molecular weight excluding hydrogens is 216 g/mol.